The number of carbonyl (C=O) groups is 3. The average molecular weight is 428 g/mol. The van der Waals surface area contributed by atoms with Gasteiger partial charge in [-0.1, -0.05) is 17.7 Å². The number of nitrogens with zero attached hydrogens (tertiary/aromatic N) is 3. The van der Waals surface area contributed by atoms with Gasteiger partial charge in [-0.15, -0.1) is 0 Å². The van der Waals surface area contributed by atoms with Gasteiger partial charge in [0.25, 0.3) is 0 Å². The summed E-state index contributed by atoms with van der Waals surface area (Å²) in [6, 6.07) is 7.83. The number of amides is 3. The van der Waals surface area contributed by atoms with Crippen LogP contribution in [0.25, 0.3) is 0 Å². The van der Waals surface area contributed by atoms with E-state index in [2.05, 4.69) is 0 Å². The molecule has 3 fully saturated rings. The standard InChI is InChI=1S/C24H33N3O4/c1-16-4-6-21(7-5-16)27-15-20(12-22(27)28)24(30)25-10-8-19(9-11-25)23(29)26-13-17(2)31-18(3)14-26/h4-7,17-20H,8-15H2,1-3H3/t17-,18+,20-/m0/s1. The van der Waals surface area contributed by atoms with E-state index in [-0.39, 0.29) is 48.2 Å². The number of ether oxygens (including phenoxy) is 1. The SMILES string of the molecule is Cc1ccc(N2C[C@@H](C(=O)N3CCC(C(=O)N4C[C@@H](C)O[C@@H](C)C4)CC3)CC2=O)cc1. The molecule has 0 N–H and O–H groups in total. The van der Waals surface area contributed by atoms with Crippen LogP contribution in [0.2, 0.25) is 0 Å². The molecule has 0 aliphatic carbocycles. The minimum atomic E-state index is -0.304. The molecule has 7 heteroatoms. The molecule has 0 unspecified atom stereocenters. The maximum atomic E-state index is 13.1. The molecule has 0 saturated carbocycles. The largest absolute Gasteiger partial charge is 0.372 e. The molecule has 3 aliphatic rings. The Bertz CT molecular complexity index is 822. The summed E-state index contributed by atoms with van der Waals surface area (Å²) < 4.78 is 5.74. The summed E-state index contributed by atoms with van der Waals surface area (Å²) in [4.78, 5) is 44.1. The Morgan fingerprint density at radius 1 is 0.871 bits per heavy atom. The molecule has 0 bridgehead atoms. The predicted molar refractivity (Wildman–Crippen MR) is 118 cm³/mol. The molecule has 1 aromatic rings. The highest BCUT2D eigenvalue weighted by Crippen LogP contribution is 2.29. The van der Waals surface area contributed by atoms with Crippen LogP contribution < -0.4 is 4.90 Å². The topological polar surface area (TPSA) is 70.2 Å². The molecule has 31 heavy (non-hydrogen) atoms. The number of anilines is 1. The second-order valence-electron chi connectivity index (χ2n) is 9.34. The van der Waals surface area contributed by atoms with Crippen LogP contribution in [0.5, 0.6) is 0 Å². The van der Waals surface area contributed by atoms with Gasteiger partial charge in [-0.05, 0) is 45.7 Å². The van der Waals surface area contributed by atoms with Crippen molar-refractivity contribution in [2.45, 2.75) is 52.2 Å². The Morgan fingerprint density at radius 3 is 2.06 bits per heavy atom. The summed E-state index contributed by atoms with van der Waals surface area (Å²) in [5.74, 6) is -0.0983. The van der Waals surface area contributed by atoms with Crippen molar-refractivity contribution in [3.05, 3.63) is 29.8 Å². The van der Waals surface area contributed by atoms with E-state index in [0.717, 1.165) is 11.3 Å². The van der Waals surface area contributed by atoms with Crippen molar-refractivity contribution >= 4 is 23.4 Å². The number of morpholine rings is 1. The first-order valence-electron chi connectivity index (χ1n) is 11.4. The van der Waals surface area contributed by atoms with Crippen molar-refractivity contribution in [1.29, 1.82) is 0 Å². The van der Waals surface area contributed by atoms with Crippen LogP contribution in [0, 0.1) is 18.8 Å². The fourth-order valence-corrected chi connectivity index (χ4v) is 5.07. The summed E-state index contributed by atoms with van der Waals surface area (Å²) >= 11 is 0. The van der Waals surface area contributed by atoms with E-state index in [0.29, 0.717) is 45.6 Å². The summed E-state index contributed by atoms with van der Waals surface area (Å²) in [6.07, 6.45) is 1.76. The van der Waals surface area contributed by atoms with Crippen molar-refractivity contribution in [2.24, 2.45) is 11.8 Å². The number of carbonyl (C=O) groups excluding carboxylic acids is 3. The quantitative estimate of drug-likeness (QED) is 0.742. The number of rotatable bonds is 3. The molecule has 3 heterocycles. The van der Waals surface area contributed by atoms with Crippen LogP contribution >= 0.6 is 0 Å². The number of hydrogen-bond acceptors (Lipinski definition) is 4. The minimum Gasteiger partial charge on any atom is -0.372 e. The normalized spacial score (nSPS) is 27.6. The van der Waals surface area contributed by atoms with E-state index >= 15 is 0 Å². The number of piperidine rings is 1. The van der Waals surface area contributed by atoms with E-state index in [1.807, 2.05) is 54.8 Å². The van der Waals surface area contributed by atoms with Gasteiger partial charge in [-0.3, -0.25) is 14.4 Å². The van der Waals surface area contributed by atoms with Gasteiger partial charge in [0.05, 0.1) is 18.1 Å². The molecule has 3 amide bonds. The minimum absolute atomic E-state index is 0.00261. The zero-order valence-electron chi connectivity index (χ0n) is 18.8. The second-order valence-corrected chi connectivity index (χ2v) is 9.34. The summed E-state index contributed by atoms with van der Waals surface area (Å²) in [6.45, 7) is 8.89. The van der Waals surface area contributed by atoms with Gasteiger partial charge in [-0.25, -0.2) is 0 Å². The Kier molecular flexibility index (Phi) is 6.32. The maximum absolute atomic E-state index is 13.1. The fourth-order valence-electron chi connectivity index (χ4n) is 5.07. The predicted octanol–water partition coefficient (Wildman–Crippen LogP) is 2.22. The van der Waals surface area contributed by atoms with Crippen LogP contribution in [0.15, 0.2) is 24.3 Å². The Hall–Kier alpha value is -2.41. The summed E-state index contributed by atoms with van der Waals surface area (Å²) in [5.41, 5.74) is 1.99. The van der Waals surface area contributed by atoms with Crippen molar-refractivity contribution in [1.82, 2.24) is 9.80 Å². The monoisotopic (exact) mass is 427 g/mol. The lowest BCUT2D eigenvalue weighted by Crippen LogP contribution is -2.52. The second kappa shape index (κ2) is 8.99. The highest BCUT2D eigenvalue weighted by atomic mass is 16.5. The maximum Gasteiger partial charge on any atom is 0.228 e. The number of benzene rings is 1. The van der Waals surface area contributed by atoms with Gasteiger partial charge in [0.1, 0.15) is 0 Å². The molecule has 7 nitrogen and oxygen atoms in total. The van der Waals surface area contributed by atoms with Gasteiger partial charge >= 0.3 is 0 Å². The molecular formula is C24H33N3O4. The van der Waals surface area contributed by atoms with Gasteiger partial charge in [-0.2, -0.15) is 0 Å². The lowest BCUT2D eigenvalue weighted by atomic mass is 9.93. The first-order chi connectivity index (χ1) is 14.8. The Labute approximate surface area is 184 Å². The number of aryl methyl sites for hydroxylation is 1. The molecule has 0 spiro atoms. The van der Waals surface area contributed by atoms with Crippen LogP contribution in [0.1, 0.15) is 38.7 Å². The van der Waals surface area contributed by atoms with Crippen LogP contribution in [-0.4, -0.2) is 72.5 Å². The van der Waals surface area contributed by atoms with E-state index in [1.165, 1.54) is 0 Å². The zero-order valence-corrected chi connectivity index (χ0v) is 18.8. The van der Waals surface area contributed by atoms with Gasteiger partial charge in [0, 0.05) is 50.7 Å². The van der Waals surface area contributed by atoms with Gasteiger partial charge in [0.2, 0.25) is 17.7 Å². The molecule has 3 aliphatic heterocycles. The number of hydrogen-bond donors (Lipinski definition) is 0. The van der Waals surface area contributed by atoms with Crippen molar-refractivity contribution < 1.29 is 19.1 Å². The van der Waals surface area contributed by atoms with E-state index in [1.54, 1.807) is 4.90 Å². The Morgan fingerprint density at radius 2 is 1.45 bits per heavy atom. The third-order valence-corrected chi connectivity index (χ3v) is 6.71. The highest BCUT2D eigenvalue weighted by Gasteiger charge is 2.39. The van der Waals surface area contributed by atoms with E-state index in [9.17, 15) is 14.4 Å². The first-order valence-corrected chi connectivity index (χ1v) is 11.4. The van der Waals surface area contributed by atoms with Gasteiger partial charge < -0.3 is 19.4 Å². The molecule has 3 saturated heterocycles. The van der Waals surface area contributed by atoms with E-state index < -0.39 is 0 Å². The molecule has 1 aromatic carbocycles. The lowest BCUT2D eigenvalue weighted by molar-refractivity contribution is -0.150. The molecule has 0 aromatic heterocycles. The molecule has 4 rings (SSSR count). The van der Waals surface area contributed by atoms with Crippen molar-refractivity contribution in [3.8, 4) is 0 Å². The van der Waals surface area contributed by atoms with Crippen LogP contribution in [0.3, 0.4) is 0 Å². The van der Waals surface area contributed by atoms with Crippen molar-refractivity contribution in [3.63, 3.8) is 0 Å². The highest BCUT2D eigenvalue weighted by molar-refractivity contribution is 6.00. The lowest BCUT2D eigenvalue weighted by Gasteiger charge is -2.39. The summed E-state index contributed by atoms with van der Waals surface area (Å²) in [7, 11) is 0. The van der Waals surface area contributed by atoms with Crippen LogP contribution in [0.4, 0.5) is 5.69 Å². The van der Waals surface area contributed by atoms with E-state index in [4.69, 9.17) is 4.74 Å². The number of likely N-dealkylation sites (tertiary alicyclic amines) is 1. The van der Waals surface area contributed by atoms with Crippen molar-refractivity contribution in [2.75, 3.05) is 37.6 Å². The Balaban J connectivity index is 1.31. The first kappa shape index (κ1) is 21.8. The average Bonchev–Trinajstić information content (AvgIpc) is 3.14. The smallest absolute Gasteiger partial charge is 0.228 e. The molecule has 0 radical (unpaired) electrons. The third kappa shape index (κ3) is 4.76. The molecular weight excluding hydrogens is 394 g/mol. The summed E-state index contributed by atoms with van der Waals surface area (Å²) in [5, 5.41) is 0. The molecule has 3 atom stereocenters. The van der Waals surface area contributed by atoms with Gasteiger partial charge in [0.15, 0.2) is 0 Å². The zero-order chi connectivity index (χ0) is 22.1. The third-order valence-electron chi connectivity index (χ3n) is 6.71. The van der Waals surface area contributed by atoms with Crippen LogP contribution in [-0.2, 0) is 19.1 Å². The molecule has 168 valence electrons. The fraction of sp³-hybridized carbons (Fsp3) is 0.625.